The van der Waals surface area contributed by atoms with Crippen molar-refractivity contribution in [2.75, 3.05) is 13.2 Å². The third-order valence-electron chi connectivity index (χ3n) is 2.35. The number of nitrogens with zero attached hydrogens (tertiary/aromatic N) is 1. The van der Waals surface area contributed by atoms with E-state index in [-0.39, 0.29) is 19.1 Å². The largest absolute Gasteiger partial charge is 0.396 e. The summed E-state index contributed by atoms with van der Waals surface area (Å²) in [7, 11) is -4.10. The Labute approximate surface area is 109 Å². The van der Waals surface area contributed by atoms with Gasteiger partial charge in [-0.25, -0.2) is 17.5 Å². The Kier molecular flexibility index (Phi) is 4.92. The number of benzene rings is 1. The van der Waals surface area contributed by atoms with Gasteiger partial charge in [-0.2, -0.15) is 0 Å². The predicted molar refractivity (Wildman–Crippen MR) is 64.5 cm³/mol. The van der Waals surface area contributed by atoms with Crippen LogP contribution in [-0.4, -0.2) is 31.6 Å². The first-order valence-corrected chi connectivity index (χ1v) is 6.80. The van der Waals surface area contributed by atoms with Gasteiger partial charge in [0.15, 0.2) is 0 Å². The van der Waals surface area contributed by atoms with Crippen molar-refractivity contribution in [3.63, 3.8) is 0 Å². The number of nitro groups is 1. The van der Waals surface area contributed by atoms with Gasteiger partial charge in [-0.15, -0.1) is 0 Å². The van der Waals surface area contributed by atoms with Crippen LogP contribution in [-0.2, 0) is 10.0 Å². The van der Waals surface area contributed by atoms with E-state index in [9.17, 15) is 22.9 Å². The van der Waals surface area contributed by atoms with Crippen molar-refractivity contribution >= 4 is 15.7 Å². The molecule has 106 valence electrons. The summed E-state index contributed by atoms with van der Waals surface area (Å²) in [6.45, 7) is 1.33. The Balaban J connectivity index is 2.99. The van der Waals surface area contributed by atoms with Gasteiger partial charge in [0.05, 0.1) is 11.0 Å². The first-order valence-electron chi connectivity index (χ1n) is 5.32. The first kappa shape index (κ1) is 15.5. The van der Waals surface area contributed by atoms with Crippen molar-refractivity contribution in [2.24, 2.45) is 5.92 Å². The van der Waals surface area contributed by atoms with E-state index in [0.717, 1.165) is 12.1 Å². The number of aliphatic hydroxyl groups excluding tert-OH is 1. The molecule has 1 unspecified atom stereocenters. The van der Waals surface area contributed by atoms with Gasteiger partial charge in [0.2, 0.25) is 10.0 Å². The van der Waals surface area contributed by atoms with Gasteiger partial charge in [-0.3, -0.25) is 10.1 Å². The average Bonchev–Trinajstić information content (AvgIpc) is 2.35. The highest BCUT2D eigenvalue weighted by molar-refractivity contribution is 7.89. The number of non-ortho nitro benzene ring substituents is 1. The van der Waals surface area contributed by atoms with Crippen LogP contribution in [0, 0.1) is 21.8 Å². The number of rotatable bonds is 6. The molecule has 1 aromatic carbocycles. The summed E-state index contributed by atoms with van der Waals surface area (Å²) in [4.78, 5) is 8.93. The Bertz CT molecular complexity index is 575. The summed E-state index contributed by atoms with van der Waals surface area (Å²) in [5, 5.41) is 19.2. The van der Waals surface area contributed by atoms with Gasteiger partial charge in [-0.05, 0) is 12.0 Å². The molecule has 0 aliphatic carbocycles. The molecule has 0 radical (unpaired) electrons. The molecule has 2 N–H and O–H groups in total. The van der Waals surface area contributed by atoms with Crippen LogP contribution >= 0.6 is 0 Å². The second kappa shape index (κ2) is 6.04. The van der Waals surface area contributed by atoms with E-state index in [2.05, 4.69) is 4.72 Å². The lowest BCUT2D eigenvalue weighted by molar-refractivity contribution is -0.385. The maximum absolute atomic E-state index is 13.5. The molecule has 7 nitrogen and oxygen atoms in total. The van der Waals surface area contributed by atoms with Crippen LogP contribution in [0.25, 0.3) is 0 Å². The second-order valence-corrected chi connectivity index (χ2v) is 5.75. The van der Waals surface area contributed by atoms with E-state index >= 15 is 0 Å². The normalized spacial score (nSPS) is 13.2. The van der Waals surface area contributed by atoms with Gasteiger partial charge in [-0.1, -0.05) is 6.92 Å². The molecular formula is C10H13FN2O5S. The molecule has 0 aliphatic heterocycles. The minimum atomic E-state index is -4.10. The lowest BCUT2D eigenvalue weighted by Gasteiger charge is -2.10. The van der Waals surface area contributed by atoms with Crippen molar-refractivity contribution in [1.29, 1.82) is 0 Å². The molecule has 0 fully saturated rings. The van der Waals surface area contributed by atoms with E-state index in [0.29, 0.717) is 6.07 Å². The zero-order valence-electron chi connectivity index (χ0n) is 10.0. The molecule has 0 aromatic heterocycles. The maximum atomic E-state index is 13.5. The summed E-state index contributed by atoms with van der Waals surface area (Å²) in [6.07, 6.45) is 0. The Morgan fingerprint density at radius 1 is 1.53 bits per heavy atom. The highest BCUT2D eigenvalue weighted by atomic mass is 32.2. The van der Waals surface area contributed by atoms with E-state index in [1.54, 1.807) is 6.92 Å². The van der Waals surface area contributed by atoms with Crippen molar-refractivity contribution in [3.8, 4) is 0 Å². The van der Waals surface area contributed by atoms with Crippen LogP contribution in [0.15, 0.2) is 23.1 Å². The average molecular weight is 292 g/mol. The molecule has 1 aromatic rings. The van der Waals surface area contributed by atoms with Crippen molar-refractivity contribution < 1.29 is 22.8 Å². The molecule has 1 rings (SSSR count). The standard InChI is InChI=1S/C10H13FN2O5S/c1-7(6-14)5-12-19(17,18)10-3-2-8(13(15)16)4-9(10)11/h2-4,7,12,14H,5-6H2,1H3. The number of nitrogens with one attached hydrogen (secondary N) is 1. The number of halogens is 1. The monoisotopic (exact) mass is 292 g/mol. The summed E-state index contributed by atoms with van der Waals surface area (Å²) < 4.78 is 39.2. The van der Waals surface area contributed by atoms with E-state index in [1.807, 2.05) is 0 Å². The van der Waals surface area contributed by atoms with Gasteiger partial charge < -0.3 is 5.11 Å². The van der Waals surface area contributed by atoms with Gasteiger partial charge in [0, 0.05) is 19.2 Å². The summed E-state index contributed by atoms with van der Waals surface area (Å²) in [6, 6.07) is 2.29. The zero-order valence-corrected chi connectivity index (χ0v) is 10.9. The third-order valence-corrected chi connectivity index (χ3v) is 3.81. The van der Waals surface area contributed by atoms with E-state index < -0.39 is 31.3 Å². The van der Waals surface area contributed by atoms with Crippen LogP contribution in [0.5, 0.6) is 0 Å². The SMILES string of the molecule is CC(CO)CNS(=O)(=O)c1ccc([N+](=O)[O-])cc1F. The predicted octanol–water partition coefficient (Wildman–Crippen LogP) is 0.641. The Morgan fingerprint density at radius 3 is 2.63 bits per heavy atom. The molecule has 0 aliphatic rings. The molecule has 0 heterocycles. The van der Waals surface area contributed by atoms with Crippen LogP contribution in [0.2, 0.25) is 0 Å². The Hall–Kier alpha value is -1.58. The Morgan fingerprint density at radius 2 is 2.16 bits per heavy atom. The molecule has 9 heteroatoms. The number of hydrogen-bond donors (Lipinski definition) is 2. The van der Waals surface area contributed by atoms with Crippen LogP contribution < -0.4 is 4.72 Å². The smallest absolute Gasteiger partial charge is 0.272 e. The van der Waals surface area contributed by atoms with Crippen LogP contribution in [0.1, 0.15) is 6.92 Å². The first-order chi connectivity index (χ1) is 8.77. The third kappa shape index (κ3) is 3.94. The molecule has 0 amide bonds. The van der Waals surface area contributed by atoms with E-state index in [4.69, 9.17) is 5.11 Å². The quantitative estimate of drug-likeness (QED) is 0.590. The highest BCUT2D eigenvalue weighted by Crippen LogP contribution is 2.20. The fourth-order valence-corrected chi connectivity index (χ4v) is 2.44. The fourth-order valence-electron chi connectivity index (χ4n) is 1.22. The van der Waals surface area contributed by atoms with Crippen LogP contribution in [0.3, 0.4) is 0 Å². The van der Waals surface area contributed by atoms with Gasteiger partial charge in [0.1, 0.15) is 10.7 Å². The van der Waals surface area contributed by atoms with Crippen molar-refractivity contribution in [3.05, 3.63) is 34.1 Å². The molecule has 19 heavy (non-hydrogen) atoms. The van der Waals surface area contributed by atoms with Crippen molar-refractivity contribution in [1.82, 2.24) is 4.72 Å². The topological polar surface area (TPSA) is 110 Å². The molecule has 1 atom stereocenters. The van der Waals surface area contributed by atoms with Crippen molar-refractivity contribution in [2.45, 2.75) is 11.8 Å². The number of aliphatic hydroxyl groups is 1. The molecule has 0 saturated heterocycles. The van der Waals surface area contributed by atoms with E-state index in [1.165, 1.54) is 0 Å². The van der Waals surface area contributed by atoms with Gasteiger partial charge >= 0.3 is 0 Å². The fraction of sp³-hybridized carbons (Fsp3) is 0.400. The maximum Gasteiger partial charge on any atom is 0.272 e. The molecule has 0 spiro atoms. The number of sulfonamides is 1. The lowest BCUT2D eigenvalue weighted by atomic mass is 10.2. The minimum absolute atomic E-state index is 0.0603. The highest BCUT2D eigenvalue weighted by Gasteiger charge is 2.21. The minimum Gasteiger partial charge on any atom is -0.396 e. The molecular weight excluding hydrogens is 279 g/mol. The molecule has 0 bridgehead atoms. The second-order valence-electron chi connectivity index (χ2n) is 4.01. The summed E-state index contributed by atoms with van der Waals surface area (Å²) >= 11 is 0. The summed E-state index contributed by atoms with van der Waals surface area (Å²) in [5.41, 5.74) is -0.528. The number of nitro benzene ring substituents is 1. The van der Waals surface area contributed by atoms with Gasteiger partial charge in [0.25, 0.3) is 5.69 Å². The zero-order chi connectivity index (χ0) is 14.6. The lowest BCUT2D eigenvalue weighted by Crippen LogP contribution is -2.30. The summed E-state index contributed by atoms with van der Waals surface area (Å²) in [5.74, 6) is -1.52. The van der Waals surface area contributed by atoms with Crippen LogP contribution in [0.4, 0.5) is 10.1 Å². The molecule has 0 saturated carbocycles. The number of hydrogen-bond acceptors (Lipinski definition) is 5.